The molecule has 0 aromatic heterocycles. The van der Waals surface area contributed by atoms with Crippen LogP contribution < -0.4 is 14.5 Å². The lowest BCUT2D eigenvalue weighted by molar-refractivity contribution is -0.892. The molecule has 29 heavy (non-hydrogen) atoms. The van der Waals surface area contributed by atoms with Crippen LogP contribution in [0.25, 0.3) is 0 Å². The molecule has 1 amide bonds. The summed E-state index contributed by atoms with van der Waals surface area (Å²) in [7, 11) is -2.98. The van der Waals surface area contributed by atoms with Crippen molar-refractivity contribution in [1.82, 2.24) is 4.90 Å². The number of sulfone groups is 1. The maximum Gasteiger partial charge on any atom is 0.278 e. The molecule has 2 saturated heterocycles. The molecule has 0 unspecified atom stereocenters. The fraction of sp³-hybridized carbons (Fsp3) is 0.667. The van der Waals surface area contributed by atoms with Gasteiger partial charge in [0, 0.05) is 12.1 Å². The number of rotatable bonds is 7. The van der Waals surface area contributed by atoms with E-state index in [1.54, 1.807) is 0 Å². The molecular formula is C21H32N3O4S+. The molecule has 1 aromatic rings. The van der Waals surface area contributed by atoms with E-state index in [4.69, 9.17) is 4.74 Å². The Kier molecular flexibility index (Phi) is 6.01. The van der Waals surface area contributed by atoms with E-state index < -0.39 is 9.84 Å². The third-order valence-electron chi connectivity index (χ3n) is 6.21. The van der Waals surface area contributed by atoms with Crippen LogP contribution in [-0.2, 0) is 14.6 Å². The number of nitrogens with one attached hydrogen (secondary N) is 1. The summed E-state index contributed by atoms with van der Waals surface area (Å²) in [6.45, 7) is 6.66. The summed E-state index contributed by atoms with van der Waals surface area (Å²) in [6, 6.07) is 8.27. The van der Waals surface area contributed by atoms with E-state index in [-0.39, 0.29) is 29.5 Å². The zero-order chi connectivity index (χ0) is 20.4. The molecule has 1 aliphatic carbocycles. The van der Waals surface area contributed by atoms with Crippen molar-refractivity contribution in [2.75, 3.05) is 55.7 Å². The molecule has 0 radical (unpaired) electrons. The van der Waals surface area contributed by atoms with Gasteiger partial charge in [-0.2, -0.15) is 0 Å². The number of amides is 1. The first-order valence-corrected chi connectivity index (χ1v) is 12.6. The normalized spacial score (nSPS) is 24.4. The number of benzene rings is 1. The van der Waals surface area contributed by atoms with Crippen molar-refractivity contribution in [2.24, 2.45) is 0 Å². The molecule has 1 atom stereocenters. The summed E-state index contributed by atoms with van der Waals surface area (Å²) in [6.07, 6.45) is 2.63. The molecule has 1 aromatic carbocycles. The number of anilines is 1. The van der Waals surface area contributed by atoms with E-state index >= 15 is 0 Å². The minimum absolute atomic E-state index is 0.112. The van der Waals surface area contributed by atoms with E-state index in [1.165, 1.54) is 4.90 Å². The van der Waals surface area contributed by atoms with Crippen molar-refractivity contribution in [3.63, 3.8) is 0 Å². The first-order valence-electron chi connectivity index (χ1n) is 10.8. The van der Waals surface area contributed by atoms with Gasteiger partial charge in [-0.1, -0.05) is 12.1 Å². The summed E-state index contributed by atoms with van der Waals surface area (Å²) >= 11 is 0. The highest BCUT2D eigenvalue weighted by molar-refractivity contribution is 7.91. The fourth-order valence-corrected chi connectivity index (χ4v) is 6.31. The number of hydrogen-bond donors (Lipinski definition) is 1. The second-order valence-corrected chi connectivity index (χ2v) is 10.6. The molecular weight excluding hydrogens is 390 g/mol. The van der Waals surface area contributed by atoms with Crippen molar-refractivity contribution in [3.05, 3.63) is 24.3 Å². The Bertz CT molecular complexity index is 832. The predicted molar refractivity (Wildman–Crippen MR) is 112 cm³/mol. The molecule has 0 bridgehead atoms. The van der Waals surface area contributed by atoms with Gasteiger partial charge < -0.3 is 19.4 Å². The SMILES string of the molecule is CCOc1ccccc1N1CC[NH+](CC(=O)N(C2CC2)[C@H]2CCS(=O)(=O)C2)CC1. The highest BCUT2D eigenvalue weighted by atomic mass is 32.2. The van der Waals surface area contributed by atoms with Crippen molar-refractivity contribution in [3.8, 4) is 5.75 Å². The van der Waals surface area contributed by atoms with Crippen LogP contribution in [0.5, 0.6) is 5.75 Å². The largest absolute Gasteiger partial charge is 0.492 e. The third-order valence-corrected chi connectivity index (χ3v) is 7.96. The molecule has 4 rings (SSSR count). The van der Waals surface area contributed by atoms with Gasteiger partial charge in [-0.15, -0.1) is 0 Å². The number of nitrogens with zero attached hydrogens (tertiary/aromatic N) is 2. The Hall–Kier alpha value is -1.80. The molecule has 8 heteroatoms. The number of carbonyl (C=O) groups excluding carboxylic acids is 1. The molecule has 7 nitrogen and oxygen atoms in total. The highest BCUT2D eigenvalue weighted by Crippen LogP contribution is 2.32. The number of carbonyl (C=O) groups is 1. The Morgan fingerprint density at radius 3 is 2.52 bits per heavy atom. The maximum absolute atomic E-state index is 13.1. The van der Waals surface area contributed by atoms with Gasteiger partial charge in [0.1, 0.15) is 5.75 Å². The van der Waals surface area contributed by atoms with Gasteiger partial charge in [-0.3, -0.25) is 4.79 Å². The monoisotopic (exact) mass is 422 g/mol. The van der Waals surface area contributed by atoms with Gasteiger partial charge in [0.15, 0.2) is 16.4 Å². The van der Waals surface area contributed by atoms with Crippen LogP contribution in [0.3, 0.4) is 0 Å². The standard InChI is InChI=1S/C21H31N3O4S/c1-2-28-20-6-4-3-5-19(20)23-12-10-22(11-13-23)15-21(25)24(17-7-8-17)18-9-14-29(26,27)16-18/h3-6,17-18H,2,7-16H2,1H3/p+1/t18-/m0/s1. The fourth-order valence-electron chi connectivity index (χ4n) is 4.59. The second kappa shape index (κ2) is 8.52. The van der Waals surface area contributed by atoms with E-state index in [2.05, 4.69) is 11.0 Å². The lowest BCUT2D eigenvalue weighted by Crippen LogP contribution is -3.16. The topological polar surface area (TPSA) is 71.4 Å². The van der Waals surface area contributed by atoms with Crippen LogP contribution in [0.15, 0.2) is 24.3 Å². The quantitative estimate of drug-likeness (QED) is 0.668. The lowest BCUT2D eigenvalue weighted by Gasteiger charge is -2.35. The van der Waals surface area contributed by atoms with Gasteiger partial charge in [-0.25, -0.2) is 8.42 Å². The van der Waals surface area contributed by atoms with Crippen molar-refractivity contribution in [1.29, 1.82) is 0 Å². The van der Waals surface area contributed by atoms with E-state index in [0.717, 1.165) is 50.5 Å². The highest BCUT2D eigenvalue weighted by Gasteiger charge is 2.43. The predicted octanol–water partition coefficient (Wildman–Crippen LogP) is -0.0317. The molecule has 3 fully saturated rings. The third kappa shape index (κ3) is 4.86. The molecule has 160 valence electrons. The Morgan fingerprint density at radius 1 is 1.17 bits per heavy atom. The van der Waals surface area contributed by atoms with Crippen LogP contribution in [-0.4, -0.2) is 82.1 Å². The number of hydrogen-bond acceptors (Lipinski definition) is 5. The summed E-state index contributed by atoms with van der Waals surface area (Å²) < 4.78 is 29.5. The van der Waals surface area contributed by atoms with Crippen LogP contribution >= 0.6 is 0 Å². The molecule has 1 N–H and O–H groups in total. The minimum atomic E-state index is -2.98. The van der Waals surface area contributed by atoms with E-state index in [1.807, 2.05) is 30.0 Å². The Morgan fingerprint density at radius 2 is 1.90 bits per heavy atom. The number of quaternary nitrogens is 1. The van der Waals surface area contributed by atoms with Crippen LogP contribution in [0.2, 0.25) is 0 Å². The molecule has 2 aliphatic heterocycles. The summed E-state index contributed by atoms with van der Waals surface area (Å²) in [5, 5.41) is 0. The van der Waals surface area contributed by atoms with Crippen molar-refractivity contribution >= 4 is 21.4 Å². The zero-order valence-corrected chi connectivity index (χ0v) is 18.0. The van der Waals surface area contributed by atoms with E-state index in [0.29, 0.717) is 19.6 Å². The minimum Gasteiger partial charge on any atom is -0.492 e. The Labute approximate surface area is 173 Å². The van der Waals surface area contributed by atoms with Crippen LogP contribution in [0, 0.1) is 0 Å². The summed E-state index contributed by atoms with van der Waals surface area (Å²) in [4.78, 5) is 18.6. The lowest BCUT2D eigenvalue weighted by atomic mass is 10.2. The number of ether oxygens (including phenoxy) is 1. The maximum atomic E-state index is 13.1. The molecule has 2 heterocycles. The zero-order valence-electron chi connectivity index (χ0n) is 17.2. The second-order valence-electron chi connectivity index (χ2n) is 8.40. The molecule has 0 spiro atoms. The summed E-state index contributed by atoms with van der Waals surface area (Å²) in [5.74, 6) is 1.41. The van der Waals surface area contributed by atoms with Crippen LogP contribution in [0.1, 0.15) is 26.2 Å². The van der Waals surface area contributed by atoms with Crippen LogP contribution in [0.4, 0.5) is 5.69 Å². The van der Waals surface area contributed by atoms with Crippen molar-refractivity contribution < 1.29 is 22.8 Å². The molecule has 3 aliphatic rings. The first-order chi connectivity index (χ1) is 14.0. The smallest absolute Gasteiger partial charge is 0.278 e. The van der Waals surface area contributed by atoms with E-state index in [9.17, 15) is 13.2 Å². The van der Waals surface area contributed by atoms with Gasteiger partial charge >= 0.3 is 0 Å². The van der Waals surface area contributed by atoms with Gasteiger partial charge in [0.05, 0.1) is 50.0 Å². The van der Waals surface area contributed by atoms with Gasteiger partial charge in [-0.05, 0) is 38.3 Å². The first kappa shape index (κ1) is 20.5. The van der Waals surface area contributed by atoms with Gasteiger partial charge in [0.25, 0.3) is 5.91 Å². The van der Waals surface area contributed by atoms with Gasteiger partial charge in [0.2, 0.25) is 0 Å². The number of piperazine rings is 1. The molecule has 1 saturated carbocycles. The summed E-state index contributed by atoms with van der Waals surface area (Å²) in [5.41, 5.74) is 1.12. The average molecular weight is 423 g/mol. The van der Waals surface area contributed by atoms with Crippen molar-refractivity contribution in [2.45, 2.75) is 38.3 Å². The average Bonchev–Trinajstić information content (AvgIpc) is 3.46. The number of para-hydroxylation sites is 2. The Balaban J connectivity index is 1.34.